The Morgan fingerprint density at radius 3 is 2.55 bits per heavy atom. The first-order valence-corrected chi connectivity index (χ1v) is 7.90. The van der Waals surface area contributed by atoms with Gasteiger partial charge in [-0.2, -0.15) is 0 Å². The van der Waals surface area contributed by atoms with Gasteiger partial charge in [0.15, 0.2) is 0 Å². The van der Waals surface area contributed by atoms with E-state index < -0.39 is 10.0 Å². The number of fused-ring (bicyclic) bond motifs is 1. The lowest BCUT2D eigenvalue weighted by molar-refractivity contribution is 0.589. The SMILES string of the molecule is Cc1ccc(S(=O)(=O)n2ccc3ccccc32)cc1Cl. The summed E-state index contributed by atoms with van der Waals surface area (Å²) < 4.78 is 26.6. The number of para-hydroxylation sites is 1. The van der Waals surface area contributed by atoms with E-state index in [0.717, 1.165) is 10.9 Å². The van der Waals surface area contributed by atoms with Gasteiger partial charge >= 0.3 is 0 Å². The van der Waals surface area contributed by atoms with Crippen molar-refractivity contribution in [3.8, 4) is 0 Å². The average Bonchev–Trinajstić information content (AvgIpc) is 2.86. The Labute approximate surface area is 122 Å². The van der Waals surface area contributed by atoms with Crippen molar-refractivity contribution in [2.75, 3.05) is 0 Å². The molecule has 1 heterocycles. The number of rotatable bonds is 2. The standard InChI is InChI=1S/C15H12ClNO2S/c1-11-6-7-13(10-14(11)16)20(18,19)17-9-8-12-4-2-3-5-15(12)17/h2-10H,1H3. The van der Waals surface area contributed by atoms with Gasteiger partial charge in [0, 0.05) is 16.6 Å². The van der Waals surface area contributed by atoms with Crippen LogP contribution in [0.1, 0.15) is 5.56 Å². The third-order valence-corrected chi connectivity index (χ3v) is 5.36. The molecule has 5 heteroatoms. The van der Waals surface area contributed by atoms with Gasteiger partial charge in [-0.15, -0.1) is 0 Å². The molecule has 0 spiro atoms. The van der Waals surface area contributed by atoms with Gasteiger partial charge in [0.1, 0.15) is 0 Å². The van der Waals surface area contributed by atoms with Gasteiger partial charge in [-0.25, -0.2) is 12.4 Å². The Morgan fingerprint density at radius 1 is 1.05 bits per heavy atom. The average molecular weight is 306 g/mol. The van der Waals surface area contributed by atoms with Crippen molar-refractivity contribution < 1.29 is 8.42 Å². The van der Waals surface area contributed by atoms with Crippen LogP contribution in [-0.2, 0) is 10.0 Å². The van der Waals surface area contributed by atoms with Gasteiger partial charge < -0.3 is 0 Å². The molecule has 20 heavy (non-hydrogen) atoms. The Hall–Kier alpha value is -1.78. The molecule has 0 aliphatic carbocycles. The van der Waals surface area contributed by atoms with E-state index in [-0.39, 0.29) is 4.90 Å². The monoisotopic (exact) mass is 305 g/mol. The van der Waals surface area contributed by atoms with E-state index in [4.69, 9.17) is 11.6 Å². The van der Waals surface area contributed by atoms with E-state index in [0.29, 0.717) is 10.5 Å². The van der Waals surface area contributed by atoms with Gasteiger partial charge in [-0.1, -0.05) is 35.9 Å². The van der Waals surface area contributed by atoms with Crippen molar-refractivity contribution in [2.24, 2.45) is 0 Å². The molecule has 0 atom stereocenters. The van der Waals surface area contributed by atoms with Crippen LogP contribution in [0.15, 0.2) is 59.6 Å². The van der Waals surface area contributed by atoms with Crippen LogP contribution in [0.3, 0.4) is 0 Å². The molecule has 0 unspecified atom stereocenters. The van der Waals surface area contributed by atoms with Crippen LogP contribution in [0.2, 0.25) is 5.02 Å². The molecule has 0 saturated carbocycles. The van der Waals surface area contributed by atoms with Crippen LogP contribution in [0, 0.1) is 6.92 Å². The predicted octanol–water partition coefficient (Wildman–Crippen LogP) is 3.84. The normalized spacial score (nSPS) is 11.9. The number of aryl methyl sites for hydroxylation is 1. The first-order chi connectivity index (χ1) is 9.50. The molecular formula is C15H12ClNO2S. The molecule has 0 aliphatic heterocycles. The minimum absolute atomic E-state index is 0.189. The van der Waals surface area contributed by atoms with Crippen LogP contribution in [0.4, 0.5) is 0 Å². The number of aromatic nitrogens is 1. The second-order valence-corrected chi connectivity index (χ2v) is 6.81. The third-order valence-electron chi connectivity index (χ3n) is 3.26. The number of hydrogen-bond donors (Lipinski definition) is 0. The van der Waals surface area contributed by atoms with Crippen LogP contribution in [0.25, 0.3) is 10.9 Å². The molecular weight excluding hydrogens is 294 g/mol. The summed E-state index contributed by atoms with van der Waals surface area (Å²) in [6.07, 6.45) is 1.56. The maximum atomic E-state index is 12.7. The highest BCUT2D eigenvalue weighted by Gasteiger charge is 2.19. The third kappa shape index (κ3) is 2.01. The fourth-order valence-electron chi connectivity index (χ4n) is 2.11. The maximum absolute atomic E-state index is 12.7. The zero-order valence-corrected chi connectivity index (χ0v) is 12.3. The van der Waals surface area contributed by atoms with Crippen molar-refractivity contribution in [2.45, 2.75) is 11.8 Å². The second kappa shape index (κ2) is 4.65. The summed E-state index contributed by atoms with van der Waals surface area (Å²) >= 11 is 6.03. The molecule has 0 bridgehead atoms. The zero-order chi connectivity index (χ0) is 14.3. The molecule has 3 aromatic rings. The lowest BCUT2D eigenvalue weighted by Gasteiger charge is -2.08. The predicted molar refractivity (Wildman–Crippen MR) is 80.7 cm³/mol. The topological polar surface area (TPSA) is 39.1 Å². The van der Waals surface area contributed by atoms with Gasteiger partial charge in [-0.3, -0.25) is 0 Å². The van der Waals surface area contributed by atoms with Crippen molar-refractivity contribution in [1.82, 2.24) is 3.97 Å². The molecule has 3 rings (SSSR count). The maximum Gasteiger partial charge on any atom is 0.268 e. The van der Waals surface area contributed by atoms with E-state index in [1.807, 2.05) is 25.1 Å². The molecule has 0 fully saturated rings. The lowest BCUT2D eigenvalue weighted by Crippen LogP contribution is -2.11. The van der Waals surface area contributed by atoms with E-state index in [1.165, 1.54) is 10.0 Å². The molecule has 0 saturated heterocycles. The Kier molecular flexibility index (Phi) is 3.07. The number of halogens is 1. The molecule has 0 aliphatic rings. The highest BCUT2D eigenvalue weighted by Crippen LogP contribution is 2.25. The molecule has 2 aromatic carbocycles. The highest BCUT2D eigenvalue weighted by molar-refractivity contribution is 7.90. The summed E-state index contributed by atoms with van der Waals surface area (Å²) in [7, 11) is -3.63. The molecule has 1 aromatic heterocycles. The Bertz CT molecular complexity index is 897. The first-order valence-electron chi connectivity index (χ1n) is 6.08. The summed E-state index contributed by atoms with van der Waals surface area (Å²) in [6, 6.07) is 13.9. The summed E-state index contributed by atoms with van der Waals surface area (Å²) in [5.41, 5.74) is 1.51. The second-order valence-electron chi connectivity index (χ2n) is 4.59. The van der Waals surface area contributed by atoms with Crippen molar-refractivity contribution >= 4 is 32.5 Å². The molecule has 3 nitrogen and oxygen atoms in total. The highest BCUT2D eigenvalue weighted by atomic mass is 35.5. The van der Waals surface area contributed by atoms with Crippen molar-refractivity contribution in [3.63, 3.8) is 0 Å². The van der Waals surface area contributed by atoms with Gasteiger partial charge in [0.05, 0.1) is 10.4 Å². The zero-order valence-electron chi connectivity index (χ0n) is 10.7. The van der Waals surface area contributed by atoms with Crippen molar-refractivity contribution in [1.29, 1.82) is 0 Å². The van der Waals surface area contributed by atoms with Crippen LogP contribution in [0.5, 0.6) is 0 Å². The molecule has 102 valence electrons. The summed E-state index contributed by atoms with van der Waals surface area (Å²) in [5, 5.41) is 1.33. The molecule has 0 N–H and O–H groups in total. The fourth-order valence-corrected chi connectivity index (χ4v) is 3.74. The van der Waals surface area contributed by atoms with Crippen LogP contribution >= 0.6 is 11.6 Å². The minimum atomic E-state index is -3.63. The summed E-state index contributed by atoms with van der Waals surface area (Å²) in [5.74, 6) is 0. The van der Waals surface area contributed by atoms with E-state index in [1.54, 1.807) is 30.5 Å². The fraction of sp³-hybridized carbons (Fsp3) is 0.0667. The smallest absolute Gasteiger partial charge is 0.241 e. The number of hydrogen-bond acceptors (Lipinski definition) is 2. The number of benzene rings is 2. The van der Waals surface area contributed by atoms with Crippen molar-refractivity contribution in [3.05, 3.63) is 65.3 Å². The Balaban J connectivity index is 2.23. The quantitative estimate of drug-likeness (QED) is 0.721. The van der Waals surface area contributed by atoms with Crippen LogP contribution < -0.4 is 0 Å². The first kappa shape index (κ1) is 13.2. The van der Waals surface area contributed by atoms with Crippen LogP contribution in [-0.4, -0.2) is 12.4 Å². The van der Waals surface area contributed by atoms with Gasteiger partial charge in [0.2, 0.25) is 0 Å². The van der Waals surface area contributed by atoms with E-state index >= 15 is 0 Å². The minimum Gasteiger partial charge on any atom is -0.241 e. The van der Waals surface area contributed by atoms with Gasteiger partial charge in [-0.05, 0) is 36.8 Å². The Morgan fingerprint density at radius 2 is 1.80 bits per heavy atom. The van der Waals surface area contributed by atoms with E-state index in [9.17, 15) is 8.42 Å². The van der Waals surface area contributed by atoms with Gasteiger partial charge in [0.25, 0.3) is 10.0 Å². The summed E-state index contributed by atoms with van der Waals surface area (Å²) in [4.78, 5) is 0.189. The molecule has 0 radical (unpaired) electrons. The van der Waals surface area contributed by atoms with E-state index in [2.05, 4.69) is 0 Å². The lowest BCUT2D eigenvalue weighted by atomic mass is 10.2. The summed E-state index contributed by atoms with van der Waals surface area (Å²) in [6.45, 7) is 1.84. The largest absolute Gasteiger partial charge is 0.268 e. The molecule has 0 amide bonds. The number of nitrogens with zero attached hydrogens (tertiary/aromatic N) is 1.